The molecule has 0 spiro atoms. The zero-order valence-electron chi connectivity index (χ0n) is 11.9. The van der Waals surface area contributed by atoms with Gasteiger partial charge in [0.1, 0.15) is 0 Å². The molecular formula is C19H15NO2. The van der Waals surface area contributed by atoms with E-state index in [1.807, 2.05) is 42.5 Å². The van der Waals surface area contributed by atoms with E-state index in [-0.39, 0.29) is 23.6 Å². The molecule has 3 nitrogen and oxygen atoms in total. The summed E-state index contributed by atoms with van der Waals surface area (Å²) in [4.78, 5) is 0. The summed E-state index contributed by atoms with van der Waals surface area (Å²) in [5.74, 6) is 0.839. The largest absolute Gasteiger partial charge is 0.494 e. The molecule has 2 aromatic carbocycles. The van der Waals surface area contributed by atoms with Crippen LogP contribution in [-0.2, 0) is 0 Å². The highest BCUT2D eigenvalue weighted by Crippen LogP contribution is 2.57. The zero-order valence-corrected chi connectivity index (χ0v) is 11.9. The summed E-state index contributed by atoms with van der Waals surface area (Å²) in [6.45, 7) is 0. The molecule has 0 fully saturated rings. The van der Waals surface area contributed by atoms with Crippen LogP contribution in [0.5, 0.6) is 11.8 Å². The smallest absolute Gasteiger partial charge is 0.202 e. The van der Waals surface area contributed by atoms with Gasteiger partial charge >= 0.3 is 0 Å². The molecule has 3 heteroatoms. The molecule has 5 rings (SSSR count). The molecule has 1 aromatic heterocycles. The third kappa shape index (κ3) is 1.31. The maximum atomic E-state index is 10.7. The predicted octanol–water partition coefficient (Wildman–Crippen LogP) is 4.18. The molecule has 0 aliphatic heterocycles. The van der Waals surface area contributed by atoms with Crippen LogP contribution >= 0.6 is 0 Å². The highest BCUT2D eigenvalue weighted by Gasteiger charge is 2.41. The van der Waals surface area contributed by atoms with E-state index >= 15 is 0 Å². The molecule has 1 heterocycles. The molecule has 2 bridgehead atoms. The van der Waals surface area contributed by atoms with Gasteiger partial charge in [0.15, 0.2) is 0 Å². The quantitative estimate of drug-likeness (QED) is 0.660. The number of aromatic nitrogens is 1. The van der Waals surface area contributed by atoms with E-state index in [2.05, 4.69) is 12.2 Å². The Balaban J connectivity index is 1.84. The average Bonchev–Trinajstić information content (AvgIpc) is 3.21. The van der Waals surface area contributed by atoms with Gasteiger partial charge in [-0.3, -0.25) is 4.57 Å². The monoisotopic (exact) mass is 289 g/mol. The van der Waals surface area contributed by atoms with Crippen molar-refractivity contribution >= 4 is 10.8 Å². The molecule has 22 heavy (non-hydrogen) atoms. The molecule has 3 aromatic rings. The van der Waals surface area contributed by atoms with Gasteiger partial charge in [0, 0.05) is 28.3 Å². The summed E-state index contributed by atoms with van der Waals surface area (Å²) in [5.41, 5.74) is 2.62. The van der Waals surface area contributed by atoms with Gasteiger partial charge in [0.05, 0.1) is 5.69 Å². The van der Waals surface area contributed by atoms with Gasteiger partial charge in [0.2, 0.25) is 11.8 Å². The first-order valence-corrected chi connectivity index (χ1v) is 7.58. The summed E-state index contributed by atoms with van der Waals surface area (Å²) in [5, 5.41) is 23.6. The standard InChI is InChI=1S/C19H15NO2/c21-18-16-12-8-9-13(10-12)17(16)19(22)20(18)15-7-3-5-11-4-1-2-6-14(11)15/h1-9,12-13,21-22H,10H2/t12-,13+. The molecule has 0 unspecified atom stereocenters. The van der Waals surface area contributed by atoms with E-state index in [1.165, 1.54) is 0 Å². The van der Waals surface area contributed by atoms with Crippen LogP contribution in [0.4, 0.5) is 0 Å². The van der Waals surface area contributed by atoms with Crippen LogP contribution in [0.2, 0.25) is 0 Å². The maximum absolute atomic E-state index is 10.7. The number of nitrogens with zero attached hydrogens (tertiary/aromatic N) is 1. The van der Waals surface area contributed by atoms with E-state index in [4.69, 9.17) is 0 Å². The molecule has 2 aliphatic carbocycles. The second kappa shape index (κ2) is 3.95. The number of fused-ring (bicyclic) bond motifs is 6. The lowest BCUT2D eigenvalue weighted by molar-refractivity contribution is 0.396. The summed E-state index contributed by atoms with van der Waals surface area (Å²) in [7, 11) is 0. The lowest BCUT2D eigenvalue weighted by atomic mass is 10.0. The molecule has 2 atom stereocenters. The van der Waals surface area contributed by atoms with E-state index < -0.39 is 0 Å². The molecule has 0 saturated carbocycles. The fraction of sp³-hybridized carbons (Fsp3) is 0.158. The lowest BCUT2D eigenvalue weighted by Gasteiger charge is -2.12. The van der Waals surface area contributed by atoms with E-state index in [9.17, 15) is 10.2 Å². The Kier molecular flexibility index (Phi) is 2.14. The zero-order chi connectivity index (χ0) is 14.8. The maximum Gasteiger partial charge on any atom is 0.202 e. The summed E-state index contributed by atoms with van der Waals surface area (Å²) >= 11 is 0. The molecule has 2 N–H and O–H groups in total. The van der Waals surface area contributed by atoms with E-state index in [0.717, 1.165) is 34.0 Å². The molecular weight excluding hydrogens is 274 g/mol. The summed E-state index contributed by atoms with van der Waals surface area (Å²) in [6.07, 6.45) is 5.25. The van der Waals surface area contributed by atoms with Crippen LogP contribution in [0.15, 0.2) is 54.6 Å². The van der Waals surface area contributed by atoms with Crippen LogP contribution in [0.3, 0.4) is 0 Å². The summed E-state index contributed by atoms with van der Waals surface area (Å²) < 4.78 is 1.60. The third-order valence-electron chi connectivity index (χ3n) is 5.03. The Hall–Kier alpha value is -2.68. The van der Waals surface area contributed by atoms with Gasteiger partial charge < -0.3 is 10.2 Å². The van der Waals surface area contributed by atoms with Crippen LogP contribution in [0.25, 0.3) is 16.5 Å². The molecule has 0 amide bonds. The minimum atomic E-state index is 0.181. The minimum Gasteiger partial charge on any atom is -0.494 e. The first-order chi connectivity index (χ1) is 10.8. The highest BCUT2D eigenvalue weighted by molar-refractivity contribution is 5.91. The Morgan fingerprint density at radius 1 is 0.818 bits per heavy atom. The van der Waals surface area contributed by atoms with Gasteiger partial charge in [-0.2, -0.15) is 0 Å². The second-order valence-electron chi connectivity index (χ2n) is 6.14. The molecule has 0 saturated heterocycles. The van der Waals surface area contributed by atoms with Crippen LogP contribution < -0.4 is 0 Å². The first kappa shape index (κ1) is 11.9. The molecule has 0 radical (unpaired) electrons. The van der Waals surface area contributed by atoms with Crippen molar-refractivity contribution in [2.24, 2.45) is 0 Å². The van der Waals surface area contributed by atoms with Crippen molar-refractivity contribution in [3.8, 4) is 17.4 Å². The van der Waals surface area contributed by atoms with Crippen LogP contribution in [0, 0.1) is 0 Å². The third-order valence-corrected chi connectivity index (χ3v) is 5.03. The van der Waals surface area contributed by atoms with Gasteiger partial charge in [-0.15, -0.1) is 0 Å². The Morgan fingerprint density at radius 2 is 1.45 bits per heavy atom. The second-order valence-corrected chi connectivity index (χ2v) is 6.14. The van der Waals surface area contributed by atoms with Crippen molar-refractivity contribution < 1.29 is 10.2 Å². The van der Waals surface area contributed by atoms with Crippen molar-refractivity contribution in [2.45, 2.75) is 18.3 Å². The number of allylic oxidation sites excluding steroid dienone is 2. The minimum absolute atomic E-state index is 0.181. The van der Waals surface area contributed by atoms with E-state index in [1.54, 1.807) is 4.57 Å². The number of rotatable bonds is 1. The fourth-order valence-electron chi connectivity index (χ4n) is 4.07. The Labute approximate surface area is 127 Å². The van der Waals surface area contributed by atoms with Gasteiger partial charge in [-0.05, 0) is 17.9 Å². The highest BCUT2D eigenvalue weighted by atomic mass is 16.3. The van der Waals surface area contributed by atoms with Crippen molar-refractivity contribution in [3.63, 3.8) is 0 Å². The van der Waals surface area contributed by atoms with Gasteiger partial charge in [-0.1, -0.05) is 48.6 Å². The van der Waals surface area contributed by atoms with E-state index in [0.29, 0.717) is 0 Å². The first-order valence-electron chi connectivity index (χ1n) is 7.58. The fourth-order valence-corrected chi connectivity index (χ4v) is 4.07. The topological polar surface area (TPSA) is 45.4 Å². The Morgan fingerprint density at radius 3 is 2.18 bits per heavy atom. The van der Waals surface area contributed by atoms with Crippen LogP contribution in [0.1, 0.15) is 29.4 Å². The summed E-state index contributed by atoms with van der Waals surface area (Å²) in [6, 6.07) is 13.9. The SMILES string of the molecule is Oc1c2c(c(O)n1-c1cccc3ccccc13)[C@H]1C=C[C@@H]2C1. The number of aromatic hydroxyl groups is 2. The van der Waals surface area contributed by atoms with Crippen molar-refractivity contribution in [2.75, 3.05) is 0 Å². The number of hydrogen-bond acceptors (Lipinski definition) is 2. The lowest BCUT2D eigenvalue weighted by Crippen LogP contribution is -1.96. The number of hydrogen-bond donors (Lipinski definition) is 2. The molecule has 2 aliphatic rings. The predicted molar refractivity (Wildman–Crippen MR) is 85.8 cm³/mol. The molecule has 108 valence electrons. The van der Waals surface area contributed by atoms with Crippen molar-refractivity contribution in [1.29, 1.82) is 0 Å². The van der Waals surface area contributed by atoms with Gasteiger partial charge in [-0.25, -0.2) is 0 Å². The van der Waals surface area contributed by atoms with Crippen molar-refractivity contribution in [3.05, 3.63) is 65.7 Å². The van der Waals surface area contributed by atoms with Crippen molar-refractivity contribution in [1.82, 2.24) is 4.57 Å². The normalized spacial score (nSPS) is 21.6. The van der Waals surface area contributed by atoms with Crippen LogP contribution in [-0.4, -0.2) is 14.8 Å². The Bertz CT molecular complexity index is 911. The average molecular weight is 289 g/mol. The number of benzene rings is 2. The van der Waals surface area contributed by atoms with Gasteiger partial charge in [0.25, 0.3) is 0 Å².